The summed E-state index contributed by atoms with van der Waals surface area (Å²) in [5.74, 6) is -0.297. The zero-order valence-corrected chi connectivity index (χ0v) is 20.5. The fourth-order valence-electron chi connectivity index (χ4n) is 3.69. The van der Waals surface area contributed by atoms with Crippen LogP contribution in [0.5, 0.6) is 0 Å². The number of esters is 1. The van der Waals surface area contributed by atoms with Crippen molar-refractivity contribution in [3.05, 3.63) is 0 Å². The van der Waals surface area contributed by atoms with Gasteiger partial charge in [0.1, 0.15) is 11.2 Å². The topological polar surface area (TPSA) is 61.8 Å². The predicted octanol–water partition coefficient (Wildman–Crippen LogP) is 6.38. The fraction of sp³-hybridized carbons (Fsp3) is 0.913. The molecule has 166 valence electrons. The van der Waals surface area contributed by atoms with Crippen LogP contribution >= 0.6 is 0 Å². The van der Waals surface area contributed by atoms with Gasteiger partial charge in [-0.25, -0.2) is 4.79 Å². The molecule has 0 aliphatic carbocycles. The van der Waals surface area contributed by atoms with Crippen molar-refractivity contribution in [2.75, 3.05) is 7.11 Å². The molecule has 0 bridgehead atoms. The maximum atomic E-state index is 12.6. The second-order valence-corrected chi connectivity index (χ2v) is 10.6. The zero-order chi connectivity index (χ0) is 22.8. The summed E-state index contributed by atoms with van der Waals surface area (Å²) in [4.78, 5) is 24.5. The highest BCUT2D eigenvalue weighted by Crippen LogP contribution is 2.61. The Morgan fingerprint density at radius 2 is 1.14 bits per heavy atom. The lowest BCUT2D eigenvalue weighted by Gasteiger charge is -2.61. The zero-order valence-electron chi connectivity index (χ0n) is 20.5. The lowest BCUT2D eigenvalue weighted by molar-refractivity contribution is -0.216. The first-order valence-electron chi connectivity index (χ1n) is 10.3. The molecule has 0 amide bonds. The molecular weight excluding hydrogens is 356 g/mol. The lowest BCUT2D eigenvalue weighted by atomic mass is 9.47. The molecule has 28 heavy (non-hydrogen) atoms. The summed E-state index contributed by atoms with van der Waals surface area (Å²) < 4.78 is 16.4. The van der Waals surface area contributed by atoms with E-state index in [1.807, 2.05) is 34.6 Å². The second kappa shape index (κ2) is 8.62. The average molecular weight is 401 g/mol. The Bertz CT molecular complexity index is 555. The van der Waals surface area contributed by atoms with Crippen LogP contribution in [0.4, 0.5) is 4.79 Å². The van der Waals surface area contributed by atoms with Crippen molar-refractivity contribution in [3.63, 3.8) is 0 Å². The van der Waals surface area contributed by atoms with Gasteiger partial charge in [0.25, 0.3) is 0 Å². The predicted molar refractivity (Wildman–Crippen MR) is 113 cm³/mol. The smallest absolute Gasteiger partial charge is 0.459 e. The highest BCUT2D eigenvalue weighted by molar-refractivity contribution is 5.72. The summed E-state index contributed by atoms with van der Waals surface area (Å²) in [6.45, 7) is 24.4. The van der Waals surface area contributed by atoms with Crippen LogP contribution in [0.1, 0.15) is 95.9 Å². The van der Waals surface area contributed by atoms with Crippen molar-refractivity contribution < 1.29 is 23.8 Å². The molecule has 5 heteroatoms. The van der Waals surface area contributed by atoms with Gasteiger partial charge in [0, 0.05) is 10.8 Å². The first-order valence-corrected chi connectivity index (χ1v) is 10.3. The first kappa shape index (κ1) is 26.7. The van der Waals surface area contributed by atoms with Gasteiger partial charge in [-0.15, -0.1) is 0 Å². The van der Waals surface area contributed by atoms with E-state index in [4.69, 9.17) is 14.2 Å². The highest BCUT2D eigenvalue weighted by atomic mass is 16.7. The number of hydrogen-bond donors (Lipinski definition) is 0. The van der Waals surface area contributed by atoms with E-state index in [9.17, 15) is 9.59 Å². The molecule has 1 unspecified atom stereocenters. The molecular formula is C23H44O5. The van der Waals surface area contributed by atoms with Crippen LogP contribution in [0.2, 0.25) is 0 Å². The number of ether oxygens (including phenoxy) is 3. The Labute approximate surface area is 172 Å². The third-order valence-corrected chi connectivity index (χ3v) is 8.12. The van der Waals surface area contributed by atoms with E-state index < -0.39 is 33.6 Å². The minimum absolute atomic E-state index is 0.129. The van der Waals surface area contributed by atoms with E-state index in [1.54, 1.807) is 0 Å². The van der Waals surface area contributed by atoms with Crippen LogP contribution in [0, 0.1) is 22.2 Å². The second-order valence-electron chi connectivity index (χ2n) is 10.6. The number of hydrogen-bond acceptors (Lipinski definition) is 5. The molecule has 0 spiro atoms. The van der Waals surface area contributed by atoms with Crippen LogP contribution in [0.15, 0.2) is 0 Å². The Balaban J connectivity index is 5.93. The van der Waals surface area contributed by atoms with E-state index in [0.717, 1.165) is 12.8 Å². The number of carbonyl (C=O) groups is 2. The van der Waals surface area contributed by atoms with E-state index in [-0.39, 0.29) is 11.9 Å². The molecule has 5 nitrogen and oxygen atoms in total. The summed E-state index contributed by atoms with van der Waals surface area (Å²) >= 11 is 0. The van der Waals surface area contributed by atoms with Crippen LogP contribution in [0.25, 0.3) is 0 Å². The highest BCUT2D eigenvalue weighted by Gasteiger charge is 2.61. The Kier molecular flexibility index (Phi) is 8.24. The molecule has 0 heterocycles. The largest absolute Gasteiger partial charge is 0.508 e. The first-order chi connectivity index (χ1) is 12.3. The van der Waals surface area contributed by atoms with Gasteiger partial charge in [-0.1, -0.05) is 61.8 Å². The molecule has 0 rings (SSSR count). The van der Waals surface area contributed by atoms with Crippen molar-refractivity contribution in [2.45, 2.75) is 107 Å². The number of carbonyl (C=O) groups excluding carboxylic acids is 2. The minimum atomic E-state index is -0.809. The molecule has 0 aromatic rings. The summed E-state index contributed by atoms with van der Waals surface area (Å²) in [5, 5.41) is 0. The van der Waals surface area contributed by atoms with Crippen molar-refractivity contribution in [2.24, 2.45) is 22.2 Å². The quantitative estimate of drug-likeness (QED) is 0.420. The monoisotopic (exact) mass is 400 g/mol. The Morgan fingerprint density at radius 3 is 1.50 bits per heavy atom. The van der Waals surface area contributed by atoms with Crippen LogP contribution in [-0.4, -0.2) is 30.4 Å². The minimum Gasteiger partial charge on any atom is -0.459 e. The maximum Gasteiger partial charge on any atom is 0.508 e. The van der Waals surface area contributed by atoms with Crippen molar-refractivity contribution in [1.82, 2.24) is 0 Å². The lowest BCUT2D eigenvalue weighted by Crippen LogP contribution is -2.62. The molecule has 0 saturated carbocycles. The molecule has 0 aliphatic rings. The van der Waals surface area contributed by atoms with E-state index >= 15 is 0 Å². The third-order valence-electron chi connectivity index (χ3n) is 8.12. The van der Waals surface area contributed by atoms with Gasteiger partial charge in [-0.05, 0) is 39.5 Å². The van der Waals surface area contributed by atoms with Gasteiger partial charge in [0.05, 0.1) is 13.0 Å². The Morgan fingerprint density at radius 1 is 0.750 bits per heavy atom. The SMILES string of the molecule is CCCC(C)C(=O)OC(C)(C)C(C)(C)C(C)(C)C(C)(C)C(C)(C)OC(=O)OC. The van der Waals surface area contributed by atoms with Crippen molar-refractivity contribution in [1.29, 1.82) is 0 Å². The molecule has 0 aromatic carbocycles. The van der Waals surface area contributed by atoms with Gasteiger partial charge in [-0.2, -0.15) is 0 Å². The normalized spacial score (nSPS) is 15.0. The molecule has 0 saturated heterocycles. The maximum absolute atomic E-state index is 12.6. The van der Waals surface area contributed by atoms with Gasteiger partial charge in [0.15, 0.2) is 0 Å². The summed E-state index contributed by atoms with van der Waals surface area (Å²) in [5.41, 5.74) is -2.85. The van der Waals surface area contributed by atoms with Crippen molar-refractivity contribution >= 4 is 12.1 Å². The van der Waals surface area contributed by atoms with Crippen LogP contribution in [-0.2, 0) is 19.0 Å². The van der Waals surface area contributed by atoms with E-state index in [1.165, 1.54) is 7.11 Å². The fourth-order valence-corrected chi connectivity index (χ4v) is 3.69. The Hall–Kier alpha value is -1.26. The van der Waals surface area contributed by atoms with Gasteiger partial charge in [-0.3, -0.25) is 4.79 Å². The molecule has 0 radical (unpaired) electrons. The van der Waals surface area contributed by atoms with Crippen LogP contribution in [0.3, 0.4) is 0 Å². The average Bonchev–Trinajstić information content (AvgIpc) is 2.53. The molecule has 0 N–H and O–H groups in total. The molecule has 1 atom stereocenters. The standard InChI is InChI=1S/C23H44O5/c1-14-15-16(2)17(24)27-22(9,10)20(5,6)19(3,4)21(7,8)23(11,12)28-18(25)26-13/h16H,14-15H2,1-13H3. The van der Waals surface area contributed by atoms with E-state index in [0.29, 0.717) is 0 Å². The summed E-state index contributed by atoms with van der Waals surface area (Å²) in [6, 6.07) is 0. The number of methoxy groups -OCH3 is 1. The molecule has 0 aromatic heterocycles. The van der Waals surface area contributed by atoms with Gasteiger partial charge in [0.2, 0.25) is 0 Å². The number of rotatable bonds is 9. The van der Waals surface area contributed by atoms with Crippen LogP contribution < -0.4 is 0 Å². The van der Waals surface area contributed by atoms with Gasteiger partial charge >= 0.3 is 12.1 Å². The van der Waals surface area contributed by atoms with E-state index in [2.05, 4.69) is 48.5 Å². The van der Waals surface area contributed by atoms with Crippen molar-refractivity contribution in [3.8, 4) is 0 Å². The molecule has 0 aliphatic heterocycles. The summed E-state index contributed by atoms with van der Waals surface area (Å²) in [7, 11) is 1.31. The third kappa shape index (κ3) is 4.83. The van der Waals surface area contributed by atoms with Gasteiger partial charge < -0.3 is 14.2 Å². The molecule has 0 fully saturated rings. The summed E-state index contributed by atoms with van der Waals surface area (Å²) in [6.07, 6.45) is 1.05.